The molecule has 30 heavy (non-hydrogen) atoms. The van der Waals surface area contributed by atoms with Crippen LogP contribution in [0.3, 0.4) is 0 Å². The Kier molecular flexibility index (Phi) is 7.72. The Morgan fingerprint density at radius 2 is 0.667 bits per heavy atom. The quantitative estimate of drug-likeness (QED) is 0.479. The van der Waals surface area contributed by atoms with Crippen LogP contribution in [0.15, 0.2) is 0 Å². The molecule has 0 spiro atoms. The molecule has 6 nitrogen and oxygen atoms in total. The molecule has 0 unspecified atom stereocenters. The summed E-state index contributed by atoms with van der Waals surface area (Å²) >= 11 is 0. The van der Waals surface area contributed by atoms with Crippen molar-refractivity contribution in [3.8, 4) is 0 Å². The van der Waals surface area contributed by atoms with Crippen LogP contribution in [0.25, 0.3) is 0 Å². The van der Waals surface area contributed by atoms with E-state index in [1.165, 1.54) is 0 Å². The number of rotatable bonds is 9. The van der Waals surface area contributed by atoms with Gasteiger partial charge in [-0.2, -0.15) is 0 Å². The van der Waals surface area contributed by atoms with Gasteiger partial charge in [-0.15, -0.1) is 0 Å². The summed E-state index contributed by atoms with van der Waals surface area (Å²) in [5.41, 5.74) is 2.07. The molecule has 9 heteroatoms. The van der Waals surface area contributed by atoms with E-state index in [-0.39, 0.29) is 19.3 Å². The van der Waals surface area contributed by atoms with Crippen molar-refractivity contribution in [2.45, 2.75) is 78.2 Å². The molecular formula is C21H36O6Si3. The highest BCUT2D eigenvalue weighted by Gasteiger charge is 2.39. The summed E-state index contributed by atoms with van der Waals surface area (Å²) < 4.78 is 0. The number of benzene rings is 1. The highest BCUT2D eigenvalue weighted by molar-refractivity contribution is 6.95. The normalized spacial score (nSPS) is 12.7. The predicted molar refractivity (Wildman–Crippen MR) is 129 cm³/mol. The van der Waals surface area contributed by atoms with Crippen molar-refractivity contribution in [3.05, 3.63) is 16.7 Å². The standard InChI is InChI=1S/C21H36O6Si3/c1-28(2,3)19-13(10-16(22)23)20(29(4,5)6)15(12-18(26)27)21(30(7,8)9)14(19)11-17(24)25/h10-12H2,1-9H3,(H,22,23)(H,24,25)(H,26,27). The first-order valence-corrected chi connectivity index (χ1v) is 20.7. The zero-order valence-electron chi connectivity index (χ0n) is 19.7. The summed E-state index contributed by atoms with van der Waals surface area (Å²) in [7, 11) is -6.51. The van der Waals surface area contributed by atoms with Crippen molar-refractivity contribution < 1.29 is 29.7 Å². The third kappa shape index (κ3) is 6.15. The lowest BCUT2D eigenvalue weighted by molar-refractivity contribution is -0.137. The largest absolute Gasteiger partial charge is 0.481 e. The zero-order chi connectivity index (χ0) is 23.8. The highest BCUT2D eigenvalue weighted by Crippen LogP contribution is 2.22. The first-order valence-electron chi connectivity index (χ1n) is 10.2. The van der Waals surface area contributed by atoms with Gasteiger partial charge in [-0.25, -0.2) is 0 Å². The van der Waals surface area contributed by atoms with Crippen LogP contribution in [0.5, 0.6) is 0 Å². The van der Waals surface area contributed by atoms with Gasteiger partial charge in [0.05, 0.1) is 43.5 Å². The summed E-state index contributed by atoms with van der Waals surface area (Å²) in [5.74, 6) is -2.92. The van der Waals surface area contributed by atoms with E-state index in [0.29, 0.717) is 16.7 Å². The lowest BCUT2D eigenvalue weighted by atomic mass is 9.98. The van der Waals surface area contributed by atoms with Crippen LogP contribution in [-0.4, -0.2) is 57.4 Å². The topological polar surface area (TPSA) is 112 Å². The first kappa shape index (κ1) is 26.3. The van der Waals surface area contributed by atoms with Crippen LogP contribution in [-0.2, 0) is 33.6 Å². The van der Waals surface area contributed by atoms with Crippen LogP contribution >= 0.6 is 0 Å². The molecule has 0 fully saturated rings. The Labute approximate surface area is 182 Å². The van der Waals surface area contributed by atoms with Crippen molar-refractivity contribution in [1.29, 1.82) is 0 Å². The number of carboxylic acid groups (broad SMARTS) is 3. The average Bonchev–Trinajstić information content (AvgIpc) is 2.39. The molecule has 1 aromatic carbocycles. The summed E-state index contributed by atoms with van der Waals surface area (Å²) in [5, 5.41) is 31.9. The number of carbonyl (C=O) groups is 3. The fourth-order valence-corrected chi connectivity index (χ4v) is 11.7. The van der Waals surface area contributed by atoms with Crippen LogP contribution in [0.4, 0.5) is 0 Å². The van der Waals surface area contributed by atoms with Gasteiger partial charge in [-0.05, 0) is 16.7 Å². The van der Waals surface area contributed by atoms with Crippen LogP contribution < -0.4 is 15.6 Å². The molecule has 0 bridgehead atoms. The van der Waals surface area contributed by atoms with Crippen molar-refractivity contribution in [2.75, 3.05) is 0 Å². The molecule has 0 heterocycles. The number of hydrogen-bond acceptors (Lipinski definition) is 3. The van der Waals surface area contributed by atoms with Gasteiger partial charge in [-0.3, -0.25) is 14.4 Å². The van der Waals surface area contributed by atoms with E-state index < -0.39 is 42.1 Å². The van der Waals surface area contributed by atoms with Gasteiger partial charge in [0.2, 0.25) is 0 Å². The van der Waals surface area contributed by atoms with Gasteiger partial charge in [-0.1, -0.05) is 74.5 Å². The maximum Gasteiger partial charge on any atom is 0.307 e. The second-order valence-corrected chi connectivity index (χ2v) is 26.0. The fraction of sp³-hybridized carbons (Fsp3) is 0.571. The van der Waals surface area contributed by atoms with Crippen LogP contribution in [0.2, 0.25) is 58.9 Å². The number of carboxylic acids is 3. The smallest absolute Gasteiger partial charge is 0.307 e. The highest BCUT2D eigenvalue weighted by atomic mass is 28.3. The summed E-state index contributed by atoms with van der Waals surface area (Å²) in [6.07, 6.45) is -0.612. The Morgan fingerprint density at radius 3 is 0.767 bits per heavy atom. The Bertz CT molecular complexity index is 735. The molecule has 0 saturated heterocycles. The third-order valence-electron chi connectivity index (χ3n) is 5.04. The fourth-order valence-electron chi connectivity index (χ4n) is 4.62. The van der Waals surface area contributed by atoms with Gasteiger partial charge in [0.15, 0.2) is 0 Å². The van der Waals surface area contributed by atoms with Crippen molar-refractivity contribution in [2.24, 2.45) is 0 Å². The monoisotopic (exact) mass is 468 g/mol. The molecule has 0 aliphatic rings. The van der Waals surface area contributed by atoms with E-state index in [1.54, 1.807) is 0 Å². The minimum atomic E-state index is -2.17. The van der Waals surface area contributed by atoms with E-state index in [4.69, 9.17) is 0 Å². The molecule has 1 aromatic rings. The zero-order valence-corrected chi connectivity index (χ0v) is 22.7. The predicted octanol–water partition coefficient (Wildman–Crippen LogP) is 2.20. The lowest BCUT2D eigenvalue weighted by Crippen LogP contribution is -2.60. The SMILES string of the molecule is C[Si](C)(C)c1c(CC(=O)O)c([Si](C)(C)C)c(CC(=O)O)c([Si](C)(C)C)c1CC(=O)O. The van der Waals surface area contributed by atoms with E-state index in [0.717, 1.165) is 15.6 Å². The van der Waals surface area contributed by atoms with E-state index in [1.807, 2.05) is 0 Å². The van der Waals surface area contributed by atoms with Crippen molar-refractivity contribution in [3.63, 3.8) is 0 Å². The Balaban J connectivity index is 4.51. The van der Waals surface area contributed by atoms with E-state index in [9.17, 15) is 29.7 Å². The van der Waals surface area contributed by atoms with Gasteiger partial charge in [0.1, 0.15) is 0 Å². The molecule has 0 saturated carbocycles. The second kappa shape index (κ2) is 8.80. The van der Waals surface area contributed by atoms with Gasteiger partial charge in [0.25, 0.3) is 0 Å². The molecule has 0 aromatic heterocycles. The molecule has 0 atom stereocenters. The maximum absolute atomic E-state index is 11.9. The summed E-state index contributed by atoms with van der Waals surface area (Å²) in [6.45, 7) is 19.0. The summed E-state index contributed by atoms with van der Waals surface area (Å²) in [6, 6.07) is 0. The van der Waals surface area contributed by atoms with Gasteiger partial charge in [0, 0.05) is 0 Å². The van der Waals surface area contributed by atoms with Crippen molar-refractivity contribution in [1.82, 2.24) is 0 Å². The molecule has 1 rings (SSSR count). The van der Waals surface area contributed by atoms with Crippen LogP contribution in [0, 0.1) is 0 Å². The third-order valence-corrected chi connectivity index (χ3v) is 11.4. The minimum Gasteiger partial charge on any atom is -0.481 e. The summed E-state index contributed by atoms with van der Waals surface area (Å²) in [4.78, 5) is 35.6. The maximum atomic E-state index is 11.9. The minimum absolute atomic E-state index is 0.204. The van der Waals surface area contributed by atoms with Crippen molar-refractivity contribution >= 4 is 57.7 Å². The number of aliphatic carboxylic acids is 3. The molecule has 0 radical (unpaired) electrons. The number of hydrogen-bond donors (Lipinski definition) is 3. The van der Waals surface area contributed by atoms with E-state index >= 15 is 0 Å². The second-order valence-electron chi connectivity index (χ2n) is 11.0. The van der Waals surface area contributed by atoms with Gasteiger partial charge < -0.3 is 15.3 Å². The van der Waals surface area contributed by atoms with Gasteiger partial charge >= 0.3 is 17.9 Å². The molecule has 0 amide bonds. The molecule has 0 aliphatic heterocycles. The molecular weight excluding hydrogens is 432 g/mol. The molecule has 168 valence electrons. The molecule has 0 aliphatic carbocycles. The first-order chi connectivity index (χ1) is 13.3. The molecule has 3 N–H and O–H groups in total. The van der Waals surface area contributed by atoms with Crippen LogP contribution in [0.1, 0.15) is 16.7 Å². The lowest BCUT2D eigenvalue weighted by Gasteiger charge is -2.38. The van der Waals surface area contributed by atoms with E-state index in [2.05, 4.69) is 58.9 Å². The average molecular weight is 469 g/mol. The Hall–Kier alpha value is -1.72. The Morgan fingerprint density at radius 1 is 0.500 bits per heavy atom.